The van der Waals surface area contributed by atoms with Crippen molar-refractivity contribution in [2.24, 2.45) is 0 Å². The van der Waals surface area contributed by atoms with E-state index in [0.717, 1.165) is 10.0 Å². The summed E-state index contributed by atoms with van der Waals surface area (Å²) in [4.78, 5) is 38.2. The molecule has 1 aliphatic heterocycles. The maximum atomic E-state index is 12.4. The molecule has 0 bridgehead atoms. The first-order valence-electron chi connectivity index (χ1n) is 9.08. The van der Waals surface area contributed by atoms with Crippen molar-refractivity contribution in [3.05, 3.63) is 57.6 Å². The second-order valence-electron chi connectivity index (χ2n) is 6.48. The predicted octanol–water partition coefficient (Wildman–Crippen LogP) is 3.16. The fourth-order valence-corrected chi connectivity index (χ4v) is 3.60. The Balaban J connectivity index is 1.51. The molecule has 0 spiro atoms. The minimum absolute atomic E-state index is 0.172. The Morgan fingerprint density at radius 3 is 2.55 bits per heavy atom. The molecule has 3 rings (SSSR count). The highest BCUT2D eigenvalue weighted by molar-refractivity contribution is 9.10. The molecule has 0 unspecified atom stereocenters. The Labute approximate surface area is 177 Å². The molecule has 0 saturated heterocycles. The molecule has 8 heteroatoms. The monoisotopic (exact) mass is 460 g/mol. The molecular weight excluding hydrogens is 440 g/mol. The highest BCUT2D eigenvalue weighted by Gasteiger charge is 2.35. The van der Waals surface area contributed by atoms with Gasteiger partial charge in [-0.25, -0.2) is 0 Å². The van der Waals surface area contributed by atoms with Gasteiger partial charge in [-0.2, -0.15) is 0 Å². The lowest BCUT2D eigenvalue weighted by Gasteiger charge is -2.14. The first-order valence-corrected chi connectivity index (χ1v) is 9.88. The zero-order chi connectivity index (χ0) is 21.0. The van der Waals surface area contributed by atoms with E-state index in [4.69, 9.17) is 9.47 Å². The number of carbonyl (C=O) groups excluding carboxylic acids is 3. The van der Waals surface area contributed by atoms with Gasteiger partial charge in [-0.15, -0.1) is 0 Å². The third-order valence-corrected chi connectivity index (χ3v) is 5.17. The number of nitrogens with zero attached hydrogens (tertiary/aromatic N) is 1. The predicted molar refractivity (Wildman–Crippen MR) is 110 cm³/mol. The van der Waals surface area contributed by atoms with Gasteiger partial charge in [-0.3, -0.25) is 19.3 Å². The van der Waals surface area contributed by atoms with Crippen LogP contribution in [0.25, 0.3) is 0 Å². The number of halogens is 1. The summed E-state index contributed by atoms with van der Waals surface area (Å²) < 4.78 is 11.3. The van der Waals surface area contributed by atoms with Crippen molar-refractivity contribution in [1.29, 1.82) is 0 Å². The molecule has 1 heterocycles. The average molecular weight is 461 g/mol. The van der Waals surface area contributed by atoms with Crippen LogP contribution >= 0.6 is 15.9 Å². The van der Waals surface area contributed by atoms with Crippen LogP contribution in [0.3, 0.4) is 0 Å². The van der Waals surface area contributed by atoms with Gasteiger partial charge in [0.15, 0.2) is 11.5 Å². The molecule has 2 aromatic rings. The maximum Gasteiger partial charge on any atom is 0.261 e. The van der Waals surface area contributed by atoms with Gasteiger partial charge >= 0.3 is 0 Å². The largest absolute Gasteiger partial charge is 0.493 e. The topological polar surface area (TPSA) is 84.9 Å². The minimum Gasteiger partial charge on any atom is -0.493 e. The summed E-state index contributed by atoms with van der Waals surface area (Å²) in [5, 5.41) is 2.83. The van der Waals surface area contributed by atoms with Crippen molar-refractivity contribution in [3.63, 3.8) is 0 Å². The lowest BCUT2D eigenvalue weighted by Crippen LogP contribution is -2.32. The van der Waals surface area contributed by atoms with Gasteiger partial charge in [0.05, 0.1) is 25.3 Å². The van der Waals surface area contributed by atoms with Crippen molar-refractivity contribution in [3.8, 4) is 11.5 Å². The number of benzene rings is 2. The molecule has 7 nitrogen and oxygen atoms in total. The van der Waals surface area contributed by atoms with Crippen LogP contribution in [0.2, 0.25) is 0 Å². The van der Waals surface area contributed by atoms with E-state index in [0.29, 0.717) is 35.6 Å². The number of fused-ring (bicyclic) bond motifs is 1. The third-order valence-electron chi connectivity index (χ3n) is 4.68. The van der Waals surface area contributed by atoms with E-state index < -0.39 is 0 Å². The number of para-hydroxylation sites is 1. The van der Waals surface area contributed by atoms with E-state index in [-0.39, 0.29) is 30.7 Å². The van der Waals surface area contributed by atoms with Gasteiger partial charge in [0.1, 0.15) is 0 Å². The first-order chi connectivity index (χ1) is 14.0. The number of carbonyl (C=O) groups is 3. The Hall–Kier alpha value is -2.87. The lowest BCUT2D eigenvalue weighted by atomic mass is 10.1. The molecule has 152 valence electrons. The summed E-state index contributed by atoms with van der Waals surface area (Å²) in [6, 6.07) is 10.5. The number of imide groups is 1. The van der Waals surface area contributed by atoms with Crippen LogP contribution in [-0.2, 0) is 11.3 Å². The summed E-state index contributed by atoms with van der Waals surface area (Å²) in [7, 11) is 3.10. The molecule has 0 fully saturated rings. The second-order valence-corrected chi connectivity index (χ2v) is 7.40. The Morgan fingerprint density at radius 1 is 1.07 bits per heavy atom. The van der Waals surface area contributed by atoms with E-state index >= 15 is 0 Å². The fourth-order valence-electron chi connectivity index (χ4n) is 3.24. The molecule has 2 aromatic carbocycles. The van der Waals surface area contributed by atoms with Crippen LogP contribution in [0.4, 0.5) is 0 Å². The zero-order valence-corrected chi connectivity index (χ0v) is 17.7. The number of ether oxygens (including phenoxy) is 2. The van der Waals surface area contributed by atoms with E-state index in [2.05, 4.69) is 21.2 Å². The van der Waals surface area contributed by atoms with Crippen LogP contribution in [-0.4, -0.2) is 43.4 Å². The van der Waals surface area contributed by atoms with Crippen LogP contribution in [0.1, 0.15) is 39.1 Å². The van der Waals surface area contributed by atoms with Gasteiger partial charge < -0.3 is 14.8 Å². The van der Waals surface area contributed by atoms with Crippen molar-refractivity contribution < 1.29 is 23.9 Å². The van der Waals surface area contributed by atoms with Crippen molar-refractivity contribution in [2.75, 3.05) is 20.8 Å². The lowest BCUT2D eigenvalue weighted by molar-refractivity contribution is -0.121. The third kappa shape index (κ3) is 4.42. The Morgan fingerprint density at radius 2 is 1.83 bits per heavy atom. The molecule has 29 heavy (non-hydrogen) atoms. The second kappa shape index (κ2) is 9.09. The van der Waals surface area contributed by atoms with Crippen LogP contribution in [0, 0.1) is 0 Å². The quantitative estimate of drug-likeness (QED) is 0.611. The van der Waals surface area contributed by atoms with Gasteiger partial charge in [-0.1, -0.05) is 28.1 Å². The van der Waals surface area contributed by atoms with Gasteiger partial charge in [-0.05, 0) is 30.7 Å². The van der Waals surface area contributed by atoms with E-state index in [1.807, 2.05) is 12.1 Å². The van der Waals surface area contributed by atoms with Crippen molar-refractivity contribution in [1.82, 2.24) is 10.2 Å². The van der Waals surface area contributed by atoms with Crippen molar-refractivity contribution in [2.45, 2.75) is 19.4 Å². The van der Waals surface area contributed by atoms with Crippen LogP contribution in [0.5, 0.6) is 11.5 Å². The Bertz CT molecular complexity index is 960. The SMILES string of the molecule is COc1cccc(CNC(=O)CCCN2C(=O)c3ccc(Br)cc3C2=O)c1OC. The summed E-state index contributed by atoms with van der Waals surface area (Å²) in [6.45, 7) is 0.486. The van der Waals surface area contributed by atoms with Gasteiger partial charge in [0, 0.05) is 29.5 Å². The molecule has 3 amide bonds. The van der Waals surface area contributed by atoms with E-state index in [1.165, 1.54) is 4.90 Å². The summed E-state index contributed by atoms with van der Waals surface area (Å²) in [5.74, 6) is 0.352. The van der Waals surface area contributed by atoms with Gasteiger partial charge in [0.25, 0.3) is 11.8 Å². The number of methoxy groups -OCH3 is 2. The van der Waals surface area contributed by atoms with Gasteiger partial charge in [0.2, 0.25) is 5.91 Å². The molecule has 0 radical (unpaired) electrons. The number of hydrogen-bond acceptors (Lipinski definition) is 5. The van der Waals surface area contributed by atoms with Crippen LogP contribution in [0.15, 0.2) is 40.9 Å². The summed E-state index contributed by atoms with van der Waals surface area (Å²) in [6.07, 6.45) is 0.580. The molecule has 0 atom stereocenters. The minimum atomic E-state index is -0.326. The molecule has 1 aliphatic rings. The van der Waals surface area contributed by atoms with E-state index in [1.54, 1.807) is 38.5 Å². The molecular formula is C21H21BrN2O5. The number of amides is 3. The standard InChI is InChI=1S/C21H21BrN2O5/c1-28-17-6-3-5-13(19(17)29-2)12-23-18(25)7-4-10-24-20(26)15-9-8-14(22)11-16(15)21(24)27/h3,5-6,8-9,11H,4,7,10,12H2,1-2H3,(H,23,25). The highest BCUT2D eigenvalue weighted by Crippen LogP contribution is 2.30. The Kier molecular flexibility index (Phi) is 6.53. The molecule has 0 saturated carbocycles. The maximum absolute atomic E-state index is 12.4. The highest BCUT2D eigenvalue weighted by atomic mass is 79.9. The normalized spacial score (nSPS) is 12.7. The smallest absolute Gasteiger partial charge is 0.261 e. The van der Waals surface area contributed by atoms with E-state index in [9.17, 15) is 14.4 Å². The number of nitrogens with one attached hydrogen (secondary N) is 1. The summed E-state index contributed by atoms with van der Waals surface area (Å²) >= 11 is 3.31. The molecule has 0 aromatic heterocycles. The summed E-state index contributed by atoms with van der Waals surface area (Å²) in [5.41, 5.74) is 1.58. The molecule has 0 aliphatic carbocycles. The first kappa shape index (κ1) is 20.9. The molecule has 1 N–H and O–H groups in total. The zero-order valence-electron chi connectivity index (χ0n) is 16.2. The van der Waals surface area contributed by atoms with Crippen LogP contribution < -0.4 is 14.8 Å². The number of rotatable bonds is 8. The van der Waals surface area contributed by atoms with Crippen molar-refractivity contribution >= 4 is 33.7 Å². The number of hydrogen-bond donors (Lipinski definition) is 1. The average Bonchev–Trinajstić information content (AvgIpc) is 2.95. The fraction of sp³-hybridized carbons (Fsp3) is 0.286.